The van der Waals surface area contributed by atoms with Crippen LogP contribution in [-0.2, 0) is 4.79 Å². The van der Waals surface area contributed by atoms with Gasteiger partial charge in [-0.25, -0.2) is 18.0 Å². The van der Waals surface area contributed by atoms with Gasteiger partial charge in [-0.15, -0.1) is 0 Å². The van der Waals surface area contributed by atoms with Gasteiger partial charge in [0.25, 0.3) is 5.92 Å². The Morgan fingerprint density at radius 3 is 2.30 bits per heavy atom. The third-order valence-corrected chi connectivity index (χ3v) is 3.73. The molecule has 2 amide bonds. The second-order valence-corrected chi connectivity index (χ2v) is 5.49. The lowest BCUT2D eigenvalue weighted by Crippen LogP contribution is -2.48. The Morgan fingerprint density at radius 1 is 1.22 bits per heavy atom. The van der Waals surface area contributed by atoms with Crippen molar-refractivity contribution in [3.8, 4) is 0 Å². The van der Waals surface area contributed by atoms with E-state index in [2.05, 4.69) is 5.32 Å². The molecule has 5 nitrogen and oxygen atoms in total. The van der Waals surface area contributed by atoms with Crippen LogP contribution in [0.25, 0.3) is 0 Å². The number of urea groups is 1. The Morgan fingerprint density at radius 2 is 1.78 bits per heavy atom. The predicted octanol–water partition coefficient (Wildman–Crippen LogP) is 2.78. The van der Waals surface area contributed by atoms with E-state index in [1.54, 1.807) is 0 Å². The van der Waals surface area contributed by atoms with Crippen molar-refractivity contribution in [3.63, 3.8) is 0 Å². The van der Waals surface area contributed by atoms with Crippen LogP contribution in [0, 0.1) is 5.82 Å². The summed E-state index contributed by atoms with van der Waals surface area (Å²) in [6.45, 7) is -0.190. The lowest BCUT2D eigenvalue weighted by atomic mass is 10.0. The Bertz CT molecular complexity index is 568. The van der Waals surface area contributed by atoms with Crippen LogP contribution in [0.3, 0.4) is 0 Å². The summed E-state index contributed by atoms with van der Waals surface area (Å²) < 4.78 is 39.2. The Labute approximate surface area is 131 Å². The van der Waals surface area contributed by atoms with Crippen LogP contribution in [0.4, 0.5) is 18.0 Å². The molecule has 1 saturated heterocycles. The minimum absolute atomic E-state index is 0.0952. The summed E-state index contributed by atoms with van der Waals surface area (Å²) in [5, 5.41) is 11.5. The number of carbonyl (C=O) groups is 2. The van der Waals surface area contributed by atoms with Crippen LogP contribution in [0.1, 0.15) is 30.9 Å². The molecule has 8 heteroatoms. The average molecular weight is 330 g/mol. The molecule has 1 aliphatic heterocycles. The van der Waals surface area contributed by atoms with E-state index in [-0.39, 0.29) is 19.5 Å². The van der Waals surface area contributed by atoms with Gasteiger partial charge in [-0.2, -0.15) is 0 Å². The molecule has 0 unspecified atom stereocenters. The number of alkyl halides is 2. The van der Waals surface area contributed by atoms with Gasteiger partial charge in [-0.3, -0.25) is 4.79 Å². The first kappa shape index (κ1) is 17.1. The summed E-state index contributed by atoms with van der Waals surface area (Å²) in [5.41, 5.74) is 0.435. The molecule has 1 aromatic rings. The fourth-order valence-corrected chi connectivity index (χ4v) is 2.40. The van der Waals surface area contributed by atoms with Gasteiger partial charge in [0.1, 0.15) is 5.82 Å². The second kappa shape index (κ2) is 6.89. The third-order valence-electron chi connectivity index (χ3n) is 3.73. The zero-order chi connectivity index (χ0) is 17.0. The number of benzene rings is 1. The minimum Gasteiger partial charge on any atom is -0.481 e. The number of nitrogens with one attached hydrogen (secondary N) is 1. The quantitative estimate of drug-likeness (QED) is 0.892. The maximum absolute atomic E-state index is 13.1. The number of rotatable bonds is 4. The molecule has 1 aromatic carbocycles. The zero-order valence-electron chi connectivity index (χ0n) is 12.3. The van der Waals surface area contributed by atoms with Crippen LogP contribution in [0.2, 0.25) is 0 Å². The van der Waals surface area contributed by atoms with Crippen LogP contribution >= 0.6 is 0 Å². The first-order chi connectivity index (χ1) is 10.8. The highest BCUT2D eigenvalue weighted by Crippen LogP contribution is 2.28. The number of amides is 2. The Hall–Kier alpha value is -2.25. The number of aliphatic carboxylic acids is 1. The molecule has 126 valence electrons. The normalized spacial score (nSPS) is 18.3. The van der Waals surface area contributed by atoms with Gasteiger partial charge in [-0.1, -0.05) is 12.1 Å². The SMILES string of the molecule is O=C(O)C[C@H](NC(=O)N1CCC(F)(F)CC1)c1ccc(F)cc1. The summed E-state index contributed by atoms with van der Waals surface area (Å²) in [7, 11) is 0. The lowest BCUT2D eigenvalue weighted by molar-refractivity contribution is -0.137. The van der Waals surface area contributed by atoms with E-state index < -0.39 is 42.6 Å². The van der Waals surface area contributed by atoms with Gasteiger partial charge >= 0.3 is 12.0 Å². The van der Waals surface area contributed by atoms with E-state index in [0.29, 0.717) is 5.56 Å². The van der Waals surface area contributed by atoms with Crippen LogP contribution < -0.4 is 5.32 Å². The van der Waals surface area contributed by atoms with Crippen molar-refractivity contribution in [3.05, 3.63) is 35.6 Å². The van der Waals surface area contributed by atoms with E-state index in [0.717, 1.165) is 12.1 Å². The molecule has 1 atom stereocenters. The maximum Gasteiger partial charge on any atom is 0.317 e. The van der Waals surface area contributed by atoms with Gasteiger partial charge < -0.3 is 15.3 Å². The number of likely N-dealkylation sites (tertiary alicyclic amines) is 1. The van der Waals surface area contributed by atoms with Crippen LogP contribution in [-0.4, -0.2) is 41.0 Å². The van der Waals surface area contributed by atoms with Crippen molar-refractivity contribution in [1.82, 2.24) is 10.2 Å². The molecule has 0 saturated carbocycles. The lowest BCUT2D eigenvalue weighted by Gasteiger charge is -2.33. The van der Waals surface area contributed by atoms with Crippen molar-refractivity contribution in [2.45, 2.75) is 31.2 Å². The molecule has 2 rings (SSSR count). The molecule has 0 radical (unpaired) electrons. The van der Waals surface area contributed by atoms with Crippen molar-refractivity contribution in [2.75, 3.05) is 13.1 Å². The van der Waals surface area contributed by atoms with Gasteiger partial charge in [0.05, 0.1) is 12.5 Å². The van der Waals surface area contributed by atoms with Gasteiger partial charge in [0.2, 0.25) is 0 Å². The molecule has 0 aliphatic carbocycles. The zero-order valence-corrected chi connectivity index (χ0v) is 12.3. The van der Waals surface area contributed by atoms with Crippen molar-refractivity contribution in [2.24, 2.45) is 0 Å². The number of hydrogen-bond acceptors (Lipinski definition) is 2. The van der Waals surface area contributed by atoms with Crippen molar-refractivity contribution in [1.29, 1.82) is 0 Å². The first-order valence-corrected chi connectivity index (χ1v) is 7.17. The highest BCUT2D eigenvalue weighted by atomic mass is 19.3. The smallest absolute Gasteiger partial charge is 0.317 e. The number of carboxylic acids is 1. The molecule has 0 bridgehead atoms. The number of hydrogen-bond donors (Lipinski definition) is 2. The fourth-order valence-electron chi connectivity index (χ4n) is 2.40. The van der Waals surface area contributed by atoms with E-state index in [1.807, 2.05) is 0 Å². The maximum atomic E-state index is 13.1. The molecule has 1 heterocycles. The fraction of sp³-hybridized carbons (Fsp3) is 0.467. The summed E-state index contributed by atoms with van der Waals surface area (Å²) in [5.74, 6) is -4.38. The second-order valence-electron chi connectivity index (χ2n) is 5.49. The Kier molecular flexibility index (Phi) is 5.12. The van der Waals surface area contributed by atoms with Gasteiger partial charge in [-0.05, 0) is 17.7 Å². The number of carbonyl (C=O) groups excluding carboxylic acids is 1. The first-order valence-electron chi connectivity index (χ1n) is 7.17. The molecule has 1 fully saturated rings. The van der Waals surface area contributed by atoms with E-state index >= 15 is 0 Å². The largest absolute Gasteiger partial charge is 0.481 e. The molecular formula is C15H17F3N2O3. The van der Waals surface area contributed by atoms with E-state index in [9.17, 15) is 22.8 Å². The van der Waals surface area contributed by atoms with Crippen molar-refractivity contribution >= 4 is 12.0 Å². The highest BCUT2D eigenvalue weighted by molar-refractivity contribution is 5.76. The Balaban J connectivity index is 2.04. The standard InChI is InChI=1S/C15H17F3N2O3/c16-11-3-1-10(2-4-11)12(9-13(21)22)19-14(23)20-7-5-15(17,18)6-8-20/h1-4,12H,5-9H2,(H,19,23)(H,21,22)/t12-/m0/s1. The van der Waals surface area contributed by atoms with Crippen molar-refractivity contribution < 1.29 is 27.9 Å². The molecule has 0 spiro atoms. The molecule has 0 aromatic heterocycles. The van der Waals surface area contributed by atoms with E-state index in [1.165, 1.54) is 17.0 Å². The minimum atomic E-state index is -2.77. The summed E-state index contributed by atoms with van der Waals surface area (Å²) >= 11 is 0. The molecule has 2 N–H and O–H groups in total. The molecular weight excluding hydrogens is 313 g/mol. The van der Waals surface area contributed by atoms with Crippen LogP contribution in [0.5, 0.6) is 0 Å². The number of halogens is 3. The summed E-state index contributed by atoms with van der Waals surface area (Å²) in [4.78, 5) is 24.3. The van der Waals surface area contributed by atoms with E-state index in [4.69, 9.17) is 5.11 Å². The molecule has 1 aliphatic rings. The number of carboxylic acid groups (broad SMARTS) is 1. The van der Waals surface area contributed by atoms with Gasteiger partial charge in [0.15, 0.2) is 0 Å². The monoisotopic (exact) mass is 330 g/mol. The highest BCUT2D eigenvalue weighted by Gasteiger charge is 2.36. The van der Waals surface area contributed by atoms with Crippen LogP contribution in [0.15, 0.2) is 24.3 Å². The topological polar surface area (TPSA) is 69.6 Å². The number of piperidine rings is 1. The average Bonchev–Trinajstić information content (AvgIpc) is 2.46. The molecule has 23 heavy (non-hydrogen) atoms. The summed E-state index contributed by atoms with van der Waals surface area (Å²) in [6, 6.07) is 3.63. The number of nitrogens with zero attached hydrogens (tertiary/aromatic N) is 1. The summed E-state index contributed by atoms with van der Waals surface area (Å²) in [6.07, 6.45) is -1.22. The third kappa shape index (κ3) is 4.87. The van der Waals surface area contributed by atoms with Gasteiger partial charge in [0, 0.05) is 25.9 Å². The predicted molar refractivity (Wildman–Crippen MR) is 75.7 cm³/mol.